The zero-order valence-corrected chi connectivity index (χ0v) is 15.2. The van der Waals surface area contributed by atoms with Gasteiger partial charge in [0.05, 0.1) is 18.5 Å². The number of nitrogens with one attached hydrogen (secondary N) is 2. The monoisotopic (exact) mass is 374 g/mol. The van der Waals surface area contributed by atoms with Crippen molar-refractivity contribution in [2.24, 2.45) is 11.7 Å². The number of benzene rings is 1. The molecule has 27 heavy (non-hydrogen) atoms. The lowest BCUT2D eigenvalue weighted by atomic mass is 9.92. The third-order valence-corrected chi connectivity index (χ3v) is 5.25. The van der Waals surface area contributed by atoms with Gasteiger partial charge in [-0.3, -0.25) is 14.4 Å². The lowest BCUT2D eigenvalue weighted by molar-refractivity contribution is -0.145. The second-order valence-corrected chi connectivity index (χ2v) is 7.05. The molecular weight excluding hydrogens is 348 g/mol. The van der Waals surface area contributed by atoms with Crippen LogP contribution < -0.4 is 16.4 Å². The van der Waals surface area contributed by atoms with Crippen LogP contribution in [0.15, 0.2) is 24.3 Å². The maximum atomic E-state index is 12.8. The Balaban J connectivity index is 1.79. The summed E-state index contributed by atoms with van der Waals surface area (Å²) in [5.74, 6) is -0.984. The summed E-state index contributed by atoms with van der Waals surface area (Å²) >= 11 is 0. The number of unbranched alkanes of at least 4 members (excludes halogenated alkanes) is 2. The molecule has 1 aromatic carbocycles. The number of phenolic OH excluding ortho intramolecular Hbond substituents is 1. The van der Waals surface area contributed by atoms with Crippen molar-refractivity contribution in [2.45, 2.75) is 37.8 Å². The molecule has 0 aliphatic carbocycles. The molecule has 5 N–H and O–H groups in total. The van der Waals surface area contributed by atoms with Crippen LogP contribution in [0.1, 0.15) is 37.3 Å². The molecule has 2 saturated heterocycles. The van der Waals surface area contributed by atoms with Gasteiger partial charge in [0.25, 0.3) is 0 Å². The highest BCUT2D eigenvalue weighted by atomic mass is 16.3. The van der Waals surface area contributed by atoms with E-state index in [-0.39, 0.29) is 36.4 Å². The normalized spacial score (nSPS) is 24.5. The number of nitrogens with two attached hydrogens (primary N) is 1. The van der Waals surface area contributed by atoms with E-state index in [2.05, 4.69) is 10.6 Å². The van der Waals surface area contributed by atoms with Crippen LogP contribution in [-0.4, -0.2) is 53.4 Å². The van der Waals surface area contributed by atoms with E-state index in [0.717, 1.165) is 24.8 Å². The van der Waals surface area contributed by atoms with Gasteiger partial charge in [-0.15, -0.1) is 0 Å². The van der Waals surface area contributed by atoms with Crippen LogP contribution in [0.5, 0.6) is 5.75 Å². The molecule has 0 radical (unpaired) electrons. The number of piperazine rings is 1. The summed E-state index contributed by atoms with van der Waals surface area (Å²) in [4.78, 5) is 39.1. The van der Waals surface area contributed by atoms with Gasteiger partial charge in [-0.1, -0.05) is 18.6 Å². The van der Waals surface area contributed by atoms with Gasteiger partial charge >= 0.3 is 0 Å². The largest absolute Gasteiger partial charge is 0.508 e. The number of aromatic hydroxyl groups is 1. The van der Waals surface area contributed by atoms with E-state index in [4.69, 9.17) is 5.73 Å². The van der Waals surface area contributed by atoms with Gasteiger partial charge in [-0.2, -0.15) is 0 Å². The number of carbonyl (C=O) groups excluding carboxylic acids is 3. The van der Waals surface area contributed by atoms with Gasteiger partial charge in [-0.05, 0) is 43.5 Å². The standard InChI is InChI=1S/C19H26N4O4/c20-8-2-1-3-9-21-18(26)14-10-15-19(27)22-11-16(25)23(15)17(14)12-4-6-13(24)7-5-12/h4-7,14-15,17,24H,1-3,8-11,20H2,(H,21,26)(H,22,27)/t14-,15-,17-/m0/s1. The van der Waals surface area contributed by atoms with E-state index < -0.39 is 18.0 Å². The Morgan fingerprint density at radius 3 is 2.67 bits per heavy atom. The van der Waals surface area contributed by atoms with E-state index in [9.17, 15) is 19.5 Å². The van der Waals surface area contributed by atoms with Crippen molar-refractivity contribution in [1.29, 1.82) is 0 Å². The summed E-state index contributed by atoms with van der Waals surface area (Å²) in [6, 6.07) is 5.29. The number of rotatable bonds is 7. The highest BCUT2D eigenvalue weighted by molar-refractivity contribution is 5.97. The van der Waals surface area contributed by atoms with Gasteiger partial charge in [-0.25, -0.2) is 0 Å². The van der Waals surface area contributed by atoms with Crippen molar-refractivity contribution < 1.29 is 19.5 Å². The molecule has 3 atom stereocenters. The average molecular weight is 374 g/mol. The first-order chi connectivity index (χ1) is 13.0. The summed E-state index contributed by atoms with van der Waals surface area (Å²) in [6.07, 6.45) is 2.99. The molecule has 0 unspecified atom stereocenters. The van der Waals surface area contributed by atoms with Crippen molar-refractivity contribution in [2.75, 3.05) is 19.6 Å². The molecule has 2 fully saturated rings. The number of hydrogen-bond donors (Lipinski definition) is 4. The van der Waals surface area contributed by atoms with Crippen molar-refractivity contribution in [3.63, 3.8) is 0 Å². The molecule has 3 amide bonds. The minimum Gasteiger partial charge on any atom is -0.508 e. The smallest absolute Gasteiger partial charge is 0.243 e. The molecule has 8 nitrogen and oxygen atoms in total. The number of hydrogen-bond acceptors (Lipinski definition) is 5. The molecule has 2 aliphatic rings. The zero-order valence-electron chi connectivity index (χ0n) is 15.2. The molecule has 3 rings (SSSR count). The summed E-state index contributed by atoms with van der Waals surface area (Å²) in [7, 11) is 0. The van der Waals surface area contributed by atoms with E-state index >= 15 is 0 Å². The van der Waals surface area contributed by atoms with E-state index in [0.29, 0.717) is 13.1 Å². The van der Waals surface area contributed by atoms with E-state index in [1.165, 1.54) is 17.0 Å². The first kappa shape index (κ1) is 19.2. The first-order valence-corrected chi connectivity index (χ1v) is 9.38. The minimum atomic E-state index is -0.641. The second-order valence-electron chi connectivity index (χ2n) is 7.05. The van der Waals surface area contributed by atoms with Crippen LogP contribution in [0.25, 0.3) is 0 Å². The lowest BCUT2D eigenvalue weighted by Gasteiger charge is -2.34. The molecular formula is C19H26N4O4. The van der Waals surface area contributed by atoms with Crippen LogP contribution >= 0.6 is 0 Å². The molecule has 0 spiro atoms. The fourth-order valence-electron chi connectivity index (χ4n) is 3.91. The van der Waals surface area contributed by atoms with Gasteiger partial charge in [0.1, 0.15) is 11.8 Å². The highest BCUT2D eigenvalue weighted by Crippen LogP contribution is 2.42. The summed E-state index contributed by atoms with van der Waals surface area (Å²) in [5.41, 5.74) is 6.21. The Bertz CT molecular complexity index is 706. The number of carbonyl (C=O) groups is 3. The molecule has 146 valence electrons. The lowest BCUT2D eigenvalue weighted by Crippen LogP contribution is -2.56. The molecule has 2 aliphatic heterocycles. The molecule has 1 aromatic rings. The Labute approximate surface area is 158 Å². The highest BCUT2D eigenvalue weighted by Gasteiger charge is 2.51. The van der Waals surface area contributed by atoms with Crippen molar-refractivity contribution >= 4 is 17.7 Å². The fraction of sp³-hybridized carbons (Fsp3) is 0.526. The van der Waals surface area contributed by atoms with Crippen LogP contribution in [0, 0.1) is 5.92 Å². The van der Waals surface area contributed by atoms with Crippen molar-refractivity contribution in [3.8, 4) is 5.75 Å². The third kappa shape index (κ3) is 4.05. The van der Waals surface area contributed by atoms with E-state index in [1.54, 1.807) is 12.1 Å². The SMILES string of the molecule is NCCCCCNC(=O)[C@H]1C[C@H]2C(=O)NCC(=O)N2[C@H]1c1ccc(O)cc1. The number of nitrogens with zero attached hydrogens (tertiary/aromatic N) is 1. The van der Waals surface area contributed by atoms with Gasteiger partial charge in [0.15, 0.2) is 0 Å². The molecule has 8 heteroatoms. The third-order valence-electron chi connectivity index (χ3n) is 5.25. The maximum Gasteiger partial charge on any atom is 0.243 e. The summed E-state index contributed by atoms with van der Waals surface area (Å²) < 4.78 is 0. The number of phenols is 1. The Hall–Kier alpha value is -2.61. The van der Waals surface area contributed by atoms with Crippen LogP contribution in [0.4, 0.5) is 0 Å². The number of amides is 3. The molecule has 0 bridgehead atoms. The predicted octanol–water partition coefficient (Wildman–Crippen LogP) is 0.0254. The fourth-order valence-corrected chi connectivity index (χ4v) is 3.91. The van der Waals surface area contributed by atoms with E-state index in [1.807, 2.05) is 0 Å². The van der Waals surface area contributed by atoms with Gasteiger partial charge < -0.3 is 26.4 Å². The van der Waals surface area contributed by atoms with Crippen LogP contribution in [-0.2, 0) is 14.4 Å². The molecule has 0 aromatic heterocycles. The number of fused-ring (bicyclic) bond motifs is 1. The van der Waals surface area contributed by atoms with Crippen LogP contribution in [0.2, 0.25) is 0 Å². The van der Waals surface area contributed by atoms with Crippen molar-refractivity contribution in [3.05, 3.63) is 29.8 Å². The predicted molar refractivity (Wildman–Crippen MR) is 98.5 cm³/mol. The van der Waals surface area contributed by atoms with Crippen molar-refractivity contribution in [1.82, 2.24) is 15.5 Å². The summed E-state index contributed by atoms with van der Waals surface area (Å²) in [6.45, 7) is 1.12. The quantitative estimate of drug-likeness (QED) is 0.501. The minimum absolute atomic E-state index is 0.0582. The zero-order chi connectivity index (χ0) is 19.4. The Kier molecular flexibility index (Phi) is 5.95. The first-order valence-electron chi connectivity index (χ1n) is 9.38. The molecule has 2 heterocycles. The maximum absolute atomic E-state index is 12.8. The Morgan fingerprint density at radius 1 is 1.22 bits per heavy atom. The second kappa shape index (κ2) is 8.39. The average Bonchev–Trinajstić information content (AvgIpc) is 3.07. The Morgan fingerprint density at radius 2 is 1.96 bits per heavy atom. The topological polar surface area (TPSA) is 125 Å². The molecule has 0 saturated carbocycles. The van der Waals surface area contributed by atoms with Gasteiger partial charge in [0, 0.05) is 6.54 Å². The van der Waals surface area contributed by atoms with Crippen LogP contribution in [0.3, 0.4) is 0 Å². The summed E-state index contributed by atoms with van der Waals surface area (Å²) in [5, 5.41) is 15.1. The van der Waals surface area contributed by atoms with Gasteiger partial charge in [0.2, 0.25) is 17.7 Å².